The smallest absolute Gasteiger partial charge is 0.312 e. The first-order valence-electron chi connectivity index (χ1n) is 10.3. The predicted molar refractivity (Wildman–Crippen MR) is 120 cm³/mol. The van der Waals surface area contributed by atoms with E-state index in [0.29, 0.717) is 17.3 Å². The zero-order valence-electron chi connectivity index (χ0n) is 16.5. The summed E-state index contributed by atoms with van der Waals surface area (Å²) in [6, 6.07) is 13.4. The summed E-state index contributed by atoms with van der Waals surface area (Å²) in [4.78, 5) is 17.9. The Labute approximate surface area is 184 Å². The summed E-state index contributed by atoms with van der Waals surface area (Å²) >= 11 is 8.09. The summed E-state index contributed by atoms with van der Waals surface area (Å²) < 4.78 is 13.6. The van der Waals surface area contributed by atoms with Gasteiger partial charge in [0.25, 0.3) is 0 Å². The minimum Gasteiger partial charge on any atom is -0.312 e. The molecule has 1 aliphatic heterocycles. The first kappa shape index (κ1) is 19.6. The van der Waals surface area contributed by atoms with Gasteiger partial charge >= 0.3 is 6.03 Å². The number of urea groups is 1. The number of carbonyl (C=O) groups excluding carboxylic acids is 1. The van der Waals surface area contributed by atoms with Gasteiger partial charge in [0.05, 0.1) is 16.8 Å². The van der Waals surface area contributed by atoms with E-state index in [1.165, 1.54) is 45.9 Å². The lowest BCUT2D eigenvalue weighted by Gasteiger charge is -2.36. The SMILES string of the molecule is O=C(Nc1ccccc1Cl)N1CCc2c(sc3c2CCCC3)C1c1ccc(F)cc1. The molecule has 6 heteroatoms. The number of nitrogens with one attached hydrogen (secondary N) is 1. The van der Waals surface area contributed by atoms with Crippen molar-refractivity contribution in [3.8, 4) is 0 Å². The first-order chi connectivity index (χ1) is 14.6. The maximum atomic E-state index is 13.6. The average Bonchev–Trinajstić information content (AvgIpc) is 3.14. The molecular weight excluding hydrogens is 419 g/mol. The van der Waals surface area contributed by atoms with Gasteiger partial charge in [-0.15, -0.1) is 11.3 Å². The second-order valence-corrected chi connectivity index (χ2v) is 9.41. The van der Waals surface area contributed by atoms with Gasteiger partial charge in [-0.05, 0) is 73.1 Å². The third-order valence-corrected chi connectivity index (χ3v) is 7.75. The molecule has 30 heavy (non-hydrogen) atoms. The van der Waals surface area contributed by atoms with Crippen LogP contribution in [0.5, 0.6) is 0 Å². The molecule has 3 aromatic rings. The number of carbonyl (C=O) groups is 1. The number of fused-ring (bicyclic) bond motifs is 3. The molecule has 1 aliphatic carbocycles. The van der Waals surface area contributed by atoms with Gasteiger partial charge < -0.3 is 10.2 Å². The van der Waals surface area contributed by atoms with E-state index >= 15 is 0 Å². The van der Waals surface area contributed by atoms with Crippen LogP contribution in [-0.4, -0.2) is 17.5 Å². The van der Waals surface area contributed by atoms with E-state index in [-0.39, 0.29) is 17.9 Å². The molecule has 0 spiro atoms. The highest BCUT2D eigenvalue weighted by Gasteiger charge is 2.36. The number of para-hydroxylation sites is 1. The van der Waals surface area contributed by atoms with E-state index in [0.717, 1.165) is 24.8 Å². The topological polar surface area (TPSA) is 32.3 Å². The Morgan fingerprint density at radius 3 is 2.60 bits per heavy atom. The van der Waals surface area contributed by atoms with Crippen LogP contribution in [0.3, 0.4) is 0 Å². The number of hydrogen-bond donors (Lipinski definition) is 1. The van der Waals surface area contributed by atoms with Crippen LogP contribution in [0, 0.1) is 5.82 Å². The Morgan fingerprint density at radius 2 is 1.80 bits per heavy atom. The van der Waals surface area contributed by atoms with E-state index < -0.39 is 0 Å². The molecule has 1 aromatic heterocycles. The zero-order chi connectivity index (χ0) is 20.7. The van der Waals surface area contributed by atoms with Crippen LogP contribution in [0.1, 0.15) is 45.3 Å². The summed E-state index contributed by atoms with van der Waals surface area (Å²) in [6.07, 6.45) is 5.56. The van der Waals surface area contributed by atoms with Gasteiger partial charge in [-0.2, -0.15) is 0 Å². The molecule has 2 amide bonds. The van der Waals surface area contributed by atoms with Crippen LogP contribution in [0.25, 0.3) is 0 Å². The van der Waals surface area contributed by atoms with Crippen molar-refractivity contribution in [3.05, 3.63) is 85.8 Å². The van der Waals surface area contributed by atoms with E-state index in [1.807, 2.05) is 28.4 Å². The van der Waals surface area contributed by atoms with E-state index in [2.05, 4.69) is 5.32 Å². The normalized spacial score (nSPS) is 17.9. The number of amides is 2. The van der Waals surface area contributed by atoms with Crippen molar-refractivity contribution in [2.24, 2.45) is 0 Å². The summed E-state index contributed by atoms with van der Waals surface area (Å²) in [6.45, 7) is 0.620. The van der Waals surface area contributed by atoms with Crippen molar-refractivity contribution in [3.63, 3.8) is 0 Å². The summed E-state index contributed by atoms with van der Waals surface area (Å²) in [7, 11) is 0. The van der Waals surface area contributed by atoms with Gasteiger partial charge in [0.15, 0.2) is 0 Å². The Kier molecular flexibility index (Phi) is 5.25. The summed E-state index contributed by atoms with van der Waals surface area (Å²) in [5, 5.41) is 3.48. The molecule has 2 aliphatic rings. The Bertz CT molecular complexity index is 1100. The lowest BCUT2D eigenvalue weighted by Crippen LogP contribution is -2.42. The minimum absolute atomic E-state index is 0.186. The third kappa shape index (κ3) is 3.50. The van der Waals surface area contributed by atoms with Gasteiger partial charge in [-0.3, -0.25) is 0 Å². The van der Waals surface area contributed by atoms with Crippen molar-refractivity contribution in [1.29, 1.82) is 0 Å². The number of hydrogen-bond acceptors (Lipinski definition) is 2. The molecule has 2 heterocycles. The van der Waals surface area contributed by atoms with Crippen molar-refractivity contribution < 1.29 is 9.18 Å². The Morgan fingerprint density at radius 1 is 1.03 bits per heavy atom. The number of benzene rings is 2. The fraction of sp³-hybridized carbons (Fsp3) is 0.292. The van der Waals surface area contributed by atoms with Crippen molar-refractivity contribution in [2.45, 2.75) is 38.1 Å². The number of nitrogens with zero attached hydrogens (tertiary/aromatic N) is 1. The second kappa shape index (κ2) is 8.05. The van der Waals surface area contributed by atoms with Crippen molar-refractivity contribution in [2.75, 3.05) is 11.9 Å². The largest absolute Gasteiger partial charge is 0.322 e. The number of rotatable bonds is 2. The molecule has 0 fully saturated rings. The Hall–Kier alpha value is -2.37. The van der Waals surface area contributed by atoms with E-state index in [4.69, 9.17) is 11.6 Å². The number of anilines is 1. The number of thiophene rings is 1. The van der Waals surface area contributed by atoms with Gasteiger partial charge in [0.2, 0.25) is 0 Å². The molecule has 2 aromatic carbocycles. The van der Waals surface area contributed by atoms with Crippen LogP contribution in [0.2, 0.25) is 5.02 Å². The molecule has 1 atom stereocenters. The molecule has 0 saturated carbocycles. The predicted octanol–water partition coefficient (Wildman–Crippen LogP) is 6.60. The van der Waals surface area contributed by atoms with Gasteiger partial charge in [0, 0.05) is 16.3 Å². The fourth-order valence-electron chi connectivity index (χ4n) is 4.60. The molecule has 1 unspecified atom stereocenters. The van der Waals surface area contributed by atoms with Crippen LogP contribution in [0.15, 0.2) is 48.5 Å². The quantitative estimate of drug-likeness (QED) is 0.478. The summed E-state index contributed by atoms with van der Waals surface area (Å²) in [5.41, 5.74) is 4.44. The lowest BCUT2D eigenvalue weighted by molar-refractivity contribution is 0.195. The molecule has 0 bridgehead atoms. The second-order valence-electron chi connectivity index (χ2n) is 7.86. The standard InChI is InChI=1S/C24H22ClFN2OS/c25-19-6-2-3-7-20(19)27-24(29)28-14-13-18-17-5-1-4-8-21(17)30-23(18)22(28)15-9-11-16(26)12-10-15/h2-3,6-7,9-12,22H,1,4-5,8,13-14H2,(H,27,29). The minimum atomic E-state index is -0.271. The van der Waals surface area contributed by atoms with Gasteiger partial charge in [0.1, 0.15) is 5.82 Å². The van der Waals surface area contributed by atoms with Crippen molar-refractivity contribution in [1.82, 2.24) is 4.90 Å². The molecule has 3 nitrogen and oxygen atoms in total. The van der Waals surface area contributed by atoms with Crippen molar-refractivity contribution >= 4 is 34.7 Å². The van der Waals surface area contributed by atoms with E-state index in [1.54, 1.807) is 24.3 Å². The third-order valence-electron chi connectivity index (χ3n) is 6.04. The summed E-state index contributed by atoms with van der Waals surface area (Å²) in [5.74, 6) is -0.271. The highest BCUT2D eigenvalue weighted by atomic mass is 35.5. The maximum Gasteiger partial charge on any atom is 0.322 e. The molecule has 1 N–H and O–H groups in total. The highest BCUT2D eigenvalue weighted by molar-refractivity contribution is 7.12. The molecular formula is C24H22ClFN2OS. The monoisotopic (exact) mass is 440 g/mol. The van der Waals surface area contributed by atoms with Crippen LogP contribution in [-0.2, 0) is 19.3 Å². The maximum absolute atomic E-state index is 13.6. The molecule has 154 valence electrons. The zero-order valence-corrected chi connectivity index (χ0v) is 18.0. The molecule has 0 saturated heterocycles. The Balaban J connectivity index is 1.55. The molecule has 5 rings (SSSR count). The van der Waals surface area contributed by atoms with Crippen LogP contribution in [0.4, 0.5) is 14.9 Å². The van der Waals surface area contributed by atoms with Crippen LogP contribution >= 0.6 is 22.9 Å². The van der Waals surface area contributed by atoms with Gasteiger partial charge in [-0.25, -0.2) is 9.18 Å². The van der Waals surface area contributed by atoms with Crippen LogP contribution < -0.4 is 5.32 Å². The fourth-order valence-corrected chi connectivity index (χ4v) is 6.36. The lowest BCUT2D eigenvalue weighted by atomic mass is 9.88. The number of aryl methyl sites for hydroxylation is 1. The first-order valence-corrected chi connectivity index (χ1v) is 11.5. The van der Waals surface area contributed by atoms with E-state index in [9.17, 15) is 9.18 Å². The van der Waals surface area contributed by atoms with Gasteiger partial charge in [-0.1, -0.05) is 35.9 Å². The molecule has 0 radical (unpaired) electrons. The highest BCUT2D eigenvalue weighted by Crippen LogP contribution is 2.45. The number of halogens is 2. The average molecular weight is 441 g/mol.